The van der Waals surface area contributed by atoms with E-state index < -0.39 is 0 Å². The monoisotopic (exact) mass is 383 g/mol. The van der Waals surface area contributed by atoms with Crippen LogP contribution in [0.1, 0.15) is 40.1 Å². The molecule has 0 bridgehead atoms. The minimum absolute atomic E-state index is 0.0433. The van der Waals surface area contributed by atoms with Crippen molar-refractivity contribution in [3.63, 3.8) is 0 Å². The highest BCUT2D eigenvalue weighted by molar-refractivity contribution is 5.95. The molecule has 3 amide bonds. The van der Waals surface area contributed by atoms with Crippen LogP contribution in [0.4, 0.5) is 10.5 Å². The predicted octanol–water partition coefficient (Wildman–Crippen LogP) is 2.98. The Bertz CT molecular complexity index is 815. The third kappa shape index (κ3) is 6.42. The van der Waals surface area contributed by atoms with Gasteiger partial charge in [0.1, 0.15) is 0 Å². The second kappa shape index (κ2) is 10.1. The van der Waals surface area contributed by atoms with E-state index in [4.69, 9.17) is 0 Å². The predicted molar refractivity (Wildman–Crippen MR) is 108 cm³/mol. The zero-order valence-electron chi connectivity index (χ0n) is 16.2. The minimum atomic E-state index is -0.375. The molecular weight excluding hydrogens is 358 g/mol. The van der Waals surface area contributed by atoms with Gasteiger partial charge in [-0.15, -0.1) is 0 Å². The maximum Gasteiger partial charge on any atom is 0.337 e. The van der Waals surface area contributed by atoms with Crippen LogP contribution in [0.25, 0.3) is 0 Å². The summed E-state index contributed by atoms with van der Waals surface area (Å²) in [7, 11) is 1.34. The van der Waals surface area contributed by atoms with Gasteiger partial charge in [-0.05, 0) is 62.2 Å². The highest BCUT2D eigenvalue weighted by Crippen LogP contribution is 2.10. The summed E-state index contributed by atoms with van der Waals surface area (Å²) in [6.07, 6.45) is 0.641. The summed E-state index contributed by atoms with van der Waals surface area (Å²) in [5.41, 5.74) is 2.62. The molecule has 0 aliphatic heterocycles. The fourth-order valence-corrected chi connectivity index (χ4v) is 2.48. The van der Waals surface area contributed by atoms with Crippen molar-refractivity contribution in [1.29, 1.82) is 0 Å². The first-order valence-corrected chi connectivity index (χ1v) is 9.02. The Balaban J connectivity index is 1.81. The molecule has 0 heterocycles. The summed E-state index contributed by atoms with van der Waals surface area (Å²) >= 11 is 0. The van der Waals surface area contributed by atoms with Gasteiger partial charge >= 0.3 is 12.0 Å². The second-order valence-electron chi connectivity index (χ2n) is 6.52. The third-order valence-corrected chi connectivity index (χ3v) is 3.90. The van der Waals surface area contributed by atoms with Crippen molar-refractivity contribution < 1.29 is 19.1 Å². The lowest BCUT2D eigenvalue weighted by Crippen LogP contribution is -2.34. The Labute approximate surface area is 164 Å². The molecule has 2 aromatic carbocycles. The molecule has 0 saturated heterocycles. The fourth-order valence-electron chi connectivity index (χ4n) is 2.48. The first-order valence-electron chi connectivity index (χ1n) is 9.02. The molecule has 2 rings (SSSR count). The van der Waals surface area contributed by atoms with Gasteiger partial charge in [-0.1, -0.05) is 12.1 Å². The summed E-state index contributed by atoms with van der Waals surface area (Å²) < 4.78 is 4.66. The molecule has 3 N–H and O–H groups in total. The van der Waals surface area contributed by atoms with Crippen molar-refractivity contribution in [3.8, 4) is 0 Å². The van der Waals surface area contributed by atoms with Crippen LogP contribution in [-0.4, -0.2) is 37.6 Å². The molecular formula is C21H25N3O4. The molecule has 148 valence electrons. The summed E-state index contributed by atoms with van der Waals surface area (Å²) in [5, 5.41) is 8.29. The first-order chi connectivity index (χ1) is 13.4. The fraction of sp³-hybridized carbons (Fsp3) is 0.286. The highest BCUT2D eigenvalue weighted by Gasteiger charge is 2.08. The van der Waals surface area contributed by atoms with E-state index in [1.165, 1.54) is 7.11 Å². The van der Waals surface area contributed by atoms with Gasteiger partial charge < -0.3 is 20.7 Å². The van der Waals surface area contributed by atoms with E-state index in [0.717, 1.165) is 5.56 Å². The van der Waals surface area contributed by atoms with Crippen LogP contribution in [-0.2, 0) is 11.2 Å². The molecule has 28 heavy (non-hydrogen) atoms. The highest BCUT2D eigenvalue weighted by atomic mass is 16.5. The van der Waals surface area contributed by atoms with Gasteiger partial charge in [-0.25, -0.2) is 9.59 Å². The molecule has 0 radical (unpaired) electrons. The van der Waals surface area contributed by atoms with E-state index in [1.54, 1.807) is 36.4 Å². The largest absolute Gasteiger partial charge is 0.465 e. The van der Waals surface area contributed by atoms with Crippen molar-refractivity contribution in [2.24, 2.45) is 0 Å². The van der Waals surface area contributed by atoms with Gasteiger partial charge in [0.15, 0.2) is 0 Å². The molecule has 0 fully saturated rings. The molecule has 0 unspecified atom stereocenters. The zero-order valence-corrected chi connectivity index (χ0v) is 16.2. The average Bonchev–Trinajstić information content (AvgIpc) is 2.67. The third-order valence-electron chi connectivity index (χ3n) is 3.90. The number of nitrogens with one attached hydrogen (secondary N) is 3. The van der Waals surface area contributed by atoms with Gasteiger partial charge in [0, 0.05) is 23.8 Å². The van der Waals surface area contributed by atoms with Crippen LogP contribution >= 0.6 is 0 Å². The molecule has 0 aliphatic carbocycles. The number of urea groups is 1. The quantitative estimate of drug-likeness (QED) is 0.641. The number of ether oxygens (including phenoxy) is 1. The summed E-state index contributed by atoms with van der Waals surface area (Å²) in [5.74, 6) is -0.566. The number of methoxy groups -OCH3 is 1. The van der Waals surface area contributed by atoms with Gasteiger partial charge in [-0.3, -0.25) is 4.79 Å². The van der Waals surface area contributed by atoms with Crippen molar-refractivity contribution in [2.75, 3.05) is 19.0 Å². The van der Waals surface area contributed by atoms with Gasteiger partial charge in [0.05, 0.1) is 12.7 Å². The van der Waals surface area contributed by atoms with Gasteiger partial charge in [0.2, 0.25) is 0 Å². The van der Waals surface area contributed by atoms with E-state index >= 15 is 0 Å². The summed E-state index contributed by atoms with van der Waals surface area (Å²) in [4.78, 5) is 35.3. The van der Waals surface area contributed by atoms with E-state index in [9.17, 15) is 14.4 Å². The lowest BCUT2D eigenvalue weighted by atomic mass is 10.1. The zero-order chi connectivity index (χ0) is 20.5. The van der Waals surface area contributed by atoms with E-state index in [1.807, 2.05) is 26.0 Å². The topological polar surface area (TPSA) is 96.5 Å². The number of amides is 3. The van der Waals surface area contributed by atoms with E-state index in [2.05, 4.69) is 20.7 Å². The number of anilines is 1. The maximum atomic E-state index is 12.2. The molecule has 0 aliphatic rings. The summed E-state index contributed by atoms with van der Waals surface area (Å²) in [6, 6.07) is 13.5. The van der Waals surface area contributed by atoms with Crippen LogP contribution in [0.15, 0.2) is 48.5 Å². The lowest BCUT2D eigenvalue weighted by Gasteiger charge is -2.10. The van der Waals surface area contributed by atoms with Crippen molar-refractivity contribution >= 4 is 23.6 Å². The lowest BCUT2D eigenvalue weighted by molar-refractivity contribution is 0.0600. The van der Waals surface area contributed by atoms with Crippen LogP contribution in [0, 0.1) is 0 Å². The van der Waals surface area contributed by atoms with Crippen molar-refractivity contribution in [3.05, 3.63) is 65.2 Å². The van der Waals surface area contributed by atoms with E-state index in [0.29, 0.717) is 29.8 Å². The average molecular weight is 383 g/mol. The van der Waals surface area contributed by atoms with Crippen molar-refractivity contribution in [2.45, 2.75) is 26.3 Å². The molecule has 0 atom stereocenters. The first kappa shape index (κ1) is 21.0. The smallest absolute Gasteiger partial charge is 0.337 e. The van der Waals surface area contributed by atoms with E-state index in [-0.39, 0.29) is 23.9 Å². The Kier molecular flexibility index (Phi) is 7.56. The SMILES string of the molecule is COC(=O)c1ccc(CCNC(=O)c2ccc(NC(=O)NC(C)C)cc2)cc1. The standard InChI is InChI=1S/C21H25N3O4/c1-14(2)23-21(27)24-18-10-8-16(9-11-18)19(25)22-13-12-15-4-6-17(7-5-15)20(26)28-3/h4-11,14H,12-13H2,1-3H3,(H,22,25)(H2,23,24,27). The molecule has 7 nitrogen and oxygen atoms in total. The normalized spacial score (nSPS) is 10.3. The van der Waals surface area contributed by atoms with Crippen LogP contribution in [0.5, 0.6) is 0 Å². The Morgan fingerprint density at radius 2 is 1.54 bits per heavy atom. The number of hydrogen-bond donors (Lipinski definition) is 3. The van der Waals surface area contributed by atoms with Crippen LogP contribution in [0.3, 0.4) is 0 Å². The molecule has 0 aromatic heterocycles. The maximum absolute atomic E-state index is 12.2. The second-order valence-corrected chi connectivity index (χ2v) is 6.52. The minimum Gasteiger partial charge on any atom is -0.465 e. The number of rotatable bonds is 7. The van der Waals surface area contributed by atoms with Crippen molar-refractivity contribution in [1.82, 2.24) is 10.6 Å². The molecule has 0 saturated carbocycles. The number of carbonyl (C=O) groups excluding carboxylic acids is 3. The number of carbonyl (C=O) groups is 3. The molecule has 0 spiro atoms. The summed E-state index contributed by atoms with van der Waals surface area (Å²) in [6.45, 7) is 4.22. The number of benzene rings is 2. The van der Waals surface area contributed by atoms with Gasteiger partial charge in [0.25, 0.3) is 5.91 Å². The number of hydrogen-bond acceptors (Lipinski definition) is 4. The Morgan fingerprint density at radius 3 is 2.11 bits per heavy atom. The number of esters is 1. The Morgan fingerprint density at radius 1 is 0.929 bits per heavy atom. The van der Waals surface area contributed by atoms with Gasteiger partial charge in [-0.2, -0.15) is 0 Å². The van der Waals surface area contributed by atoms with Crippen LogP contribution < -0.4 is 16.0 Å². The molecule has 2 aromatic rings. The Hall–Kier alpha value is -3.35. The molecule has 7 heteroatoms. The van der Waals surface area contributed by atoms with Crippen LogP contribution in [0.2, 0.25) is 0 Å².